The Bertz CT molecular complexity index is 1350. The first kappa shape index (κ1) is 26.4. The lowest BCUT2D eigenvalue weighted by atomic mass is 10.0. The van der Waals surface area contributed by atoms with Gasteiger partial charge in [0.2, 0.25) is 0 Å². The van der Waals surface area contributed by atoms with Crippen LogP contribution in [0.15, 0.2) is 36.5 Å². The van der Waals surface area contributed by atoms with Gasteiger partial charge in [-0.15, -0.1) is 0 Å². The molecule has 38 heavy (non-hydrogen) atoms. The standard InChI is InChI=1S/C27H29ClN6O2.C2H6/c1-2-32-10-8-18-15-29-23(12-19(18)16-32)33-11-9-22-24(26(35)30-14-17-6-7-17)31-34(25(22)27(33)36)21-5-3-4-20(28)13-21;1-2/h3-5,12-13,15,17H,2,6-11,14,16H2,1H3,(H,30,35);1-2H3. The average Bonchev–Trinajstić information content (AvgIpc) is 3.70. The molecule has 8 nitrogen and oxygen atoms in total. The van der Waals surface area contributed by atoms with Crippen molar-refractivity contribution in [3.05, 3.63) is 69.6 Å². The predicted octanol–water partition coefficient (Wildman–Crippen LogP) is 4.67. The molecule has 9 heteroatoms. The van der Waals surface area contributed by atoms with Crippen LogP contribution in [-0.4, -0.2) is 57.7 Å². The molecule has 3 aliphatic rings. The summed E-state index contributed by atoms with van der Waals surface area (Å²) in [6.07, 6.45) is 5.69. The normalized spacial score (nSPS) is 16.8. The highest BCUT2D eigenvalue weighted by molar-refractivity contribution is 6.30. The highest BCUT2D eigenvalue weighted by Gasteiger charge is 2.36. The number of anilines is 1. The highest BCUT2D eigenvalue weighted by atomic mass is 35.5. The van der Waals surface area contributed by atoms with Crippen molar-refractivity contribution in [3.8, 4) is 5.69 Å². The maximum absolute atomic E-state index is 13.9. The summed E-state index contributed by atoms with van der Waals surface area (Å²) in [5.74, 6) is 0.754. The Kier molecular flexibility index (Phi) is 7.81. The average molecular weight is 535 g/mol. The smallest absolute Gasteiger partial charge is 0.278 e. The van der Waals surface area contributed by atoms with Gasteiger partial charge < -0.3 is 5.32 Å². The molecule has 0 unspecified atom stereocenters. The van der Waals surface area contributed by atoms with Crippen LogP contribution in [0.1, 0.15) is 71.3 Å². The molecule has 2 amide bonds. The lowest BCUT2D eigenvalue weighted by Gasteiger charge is -2.30. The zero-order chi connectivity index (χ0) is 26.8. The molecule has 1 N–H and O–H groups in total. The van der Waals surface area contributed by atoms with Crippen molar-refractivity contribution in [1.29, 1.82) is 0 Å². The number of likely N-dealkylation sites (N-methyl/N-ethyl adjacent to an activating group) is 1. The fraction of sp³-hybridized carbons (Fsp3) is 0.448. The lowest BCUT2D eigenvalue weighted by Crippen LogP contribution is -2.40. The van der Waals surface area contributed by atoms with Crippen molar-refractivity contribution in [1.82, 2.24) is 25.0 Å². The largest absolute Gasteiger partial charge is 0.350 e. The van der Waals surface area contributed by atoms with Gasteiger partial charge in [-0.2, -0.15) is 5.10 Å². The van der Waals surface area contributed by atoms with Crippen molar-refractivity contribution in [2.24, 2.45) is 5.92 Å². The molecular formula is C29H35ClN6O2. The number of hydrogen-bond acceptors (Lipinski definition) is 5. The summed E-state index contributed by atoms with van der Waals surface area (Å²) in [6.45, 7) is 10.1. The van der Waals surface area contributed by atoms with E-state index in [0.29, 0.717) is 58.9 Å². The second-order valence-corrected chi connectivity index (χ2v) is 10.3. The van der Waals surface area contributed by atoms with Gasteiger partial charge in [0, 0.05) is 43.0 Å². The molecular weight excluding hydrogens is 500 g/mol. The number of benzene rings is 1. The van der Waals surface area contributed by atoms with Gasteiger partial charge in [0.25, 0.3) is 11.8 Å². The SMILES string of the molecule is CC.CCN1CCc2cnc(N3CCc4c(C(=O)NCC5CC5)nn(-c5cccc(Cl)c5)c4C3=O)cc2C1. The van der Waals surface area contributed by atoms with Crippen molar-refractivity contribution in [2.45, 2.75) is 53.0 Å². The summed E-state index contributed by atoms with van der Waals surface area (Å²) in [5.41, 5.74) is 4.50. The number of carbonyl (C=O) groups is 2. The van der Waals surface area contributed by atoms with Crippen molar-refractivity contribution >= 4 is 29.2 Å². The minimum atomic E-state index is -0.230. The first-order valence-corrected chi connectivity index (χ1v) is 14.1. The zero-order valence-electron chi connectivity index (χ0n) is 22.3. The Hall–Kier alpha value is -3.23. The number of amides is 2. The van der Waals surface area contributed by atoms with E-state index in [1.54, 1.807) is 21.7 Å². The topological polar surface area (TPSA) is 83.4 Å². The molecule has 3 aromatic rings. The Balaban J connectivity index is 0.00000144. The number of hydrogen-bond donors (Lipinski definition) is 1. The fourth-order valence-electron chi connectivity index (χ4n) is 5.10. The van der Waals surface area contributed by atoms with Crippen LogP contribution in [0.2, 0.25) is 5.02 Å². The Morgan fingerprint density at radius 3 is 2.68 bits per heavy atom. The van der Waals surface area contributed by atoms with Crippen molar-refractivity contribution in [3.63, 3.8) is 0 Å². The van der Waals surface area contributed by atoms with Crippen LogP contribution in [-0.2, 0) is 19.4 Å². The maximum Gasteiger partial charge on any atom is 0.278 e. The van der Waals surface area contributed by atoms with Gasteiger partial charge in [0.1, 0.15) is 11.5 Å². The molecule has 0 saturated heterocycles. The number of halogens is 1. The number of fused-ring (bicyclic) bond motifs is 2. The summed E-state index contributed by atoms with van der Waals surface area (Å²) in [7, 11) is 0. The van der Waals surface area contributed by atoms with Gasteiger partial charge in [-0.1, -0.05) is 38.4 Å². The second-order valence-electron chi connectivity index (χ2n) is 9.86. The third kappa shape index (κ3) is 5.20. The van der Waals surface area contributed by atoms with E-state index in [2.05, 4.69) is 27.2 Å². The summed E-state index contributed by atoms with van der Waals surface area (Å²) >= 11 is 6.26. The number of rotatable bonds is 6. The second kappa shape index (κ2) is 11.3. The third-order valence-corrected chi connectivity index (χ3v) is 7.65. The summed E-state index contributed by atoms with van der Waals surface area (Å²) < 4.78 is 1.57. The van der Waals surface area contributed by atoms with Crippen LogP contribution < -0.4 is 10.2 Å². The number of nitrogens with zero attached hydrogens (tertiary/aromatic N) is 5. The molecule has 200 valence electrons. The molecule has 2 aromatic heterocycles. The molecule has 4 heterocycles. The quantitative estimate of drug-likeness (QED) is 0.497. The zero-order valence-corrected chi connectivity index (χ0v) is 23.1. The van der Waals surface area contributed by atoms with Crippen LogP contribution in [0.5, 0.6) is 0 Å². The van der Waals surface area contributed by atoms with Crippen LogP contribution in [0, 0.1) is 5.92 Å². The van der Waals surface area contributed by atoms with Crippen LogP contribution >= 0.6 is 11.6 Å². The molecule has 0 bridgehead atoms. The molecule has 1 fully saturated rings. The van der Waals surface area contributed by atoms with Gasteiger partial charge in [-0.25, -0.2) is 9.67 Å². The van der Waals surface area contributed by atoms with E-state index in [1.807, 2.05) is 38.2 Å². The van der Waals surface area contributed by atoms with Gasteiger partial charge in [0.05, 0.1) is 5.69 Å². The molecule has 0 atom stereocenters. The Morgan fingerprint density at radius 1 is 1.13 bits per heavy atom. The summed E-state index contributed by atoms with van der Waals surface area (Å²) in [4.78, 5) is 35.8. The van der Waals surface area contributed by atoms with Gasteiger partial charge in [0.15, 0.2) is 5.69 Å². The summed E-state index contributed by atoms with van der Waals surface area (Å²) in [5, 5.41) is 8.18. The third-order valence-electron chi connectivity index (χ3n) is 7.42. The molecule has 1 saturated carbocycles. The van der Waals surface area contributed by atoms with Gasteiger partial charge in [-0.3, -0.25) is 19.4 Å². The molecule has 0 spiro atoms. The number of carbonyl (C=O) groups excluding carboxylic acids is 2. The molecule has 2 aliphatic heterocycles. The number of nitrogens with one attached hydrogen (secondary N) is 1. The van der Waals surface area contributed by atoms with E-state index >= 15 is 0 Å². The van der Waals surface area contributed by atoms with Crippen LogP contribution in [0.25, 0.3) is 5.69 Å². The minimum absolute atomic E-state index is 0.208. The Labute approximate surface area is 229 Å². The maximum atomic E-state index is 13.9. The van der Waals surface area contributed by atoms with E-state index < -0.39 is 0 Å². The first-order valence-electron chi connectivity index (χ1n) is 13.7. The Morgan fingerprint density at radius 2 is 1.95 bits per heavy atom. The molecule has 0 radical (unpaired) electrons. The summed E-state index contributed by atoms with van der Waals surface area (Å²) in [6, 6.07) is 9.23. The highest BCUT2D eigenvalue weighted by Crippen LogP contribution is 2.31. The van der Waals surface area contributed by atoms with Crippen molar-refractivity contribution < 1.29 is 9.59 Å². The van der Waals surface area contributed by atoms with E-state index in [1.165, 1.54) is 11.1 Å². The molecule has 6 rings (SSSR count). The van der Waals surface area contributed by atoms with E-state index in [0.717, 1.165) is 38.9 Å². The predicted molar refractivity (Wildman–Crippen MR) is 149 cm³/mol. The minimum Gasteiger partial charge on any atom is -0.350 e. The number of aromatic nitrogens is 3. The van der Waals surface area contributed by atoms with Crippen LogP contribution in [0.3, 0.4) is 0 Å². The lowest BCUT2D eigenvalue weighted by molar-refractivity contribution is 0.0945. The monoisotopic (exact) mass is 534 g/mol. The van der Waals surface area contributed by atoms with Gasteiger partial charge in [-0.05, 0) is 73.5 Å². The van der Waals surface area contributed by atoms with Crippen LogP contribution in [0.4, 0.5) is 5.82 Å². The molecule has 1 aromatic carbocycles. The number of pyridine rings is 1. The van der Waals surface area contributed by atoms with E-state index in [4.69, 9.17) is 11.6 Å². The fourth-order valence-corrected chi connectivity index (χ4v) is 5.28. The molecule has 1 aliphatic carbocycles. The van der Waals surface area contributed by atoms with Gasteiger partial charge >= 0.3 is 0 Å². The first-order chi connectivity index (χ1) is 18.5. The van der Waals surface area contributed by atoms with E-state index in [-0.39, 0.29) is 11.8 Å². The van der Waals surface area contributed by atoms with E-state index in [9.17, 15) is 9.59 Å². The van der Waals surface area contributed by atoms with Crippen molar-refractivity contribution in [2.75, 3.05) is 31.1 Å².